The summed E-state index contributed by atoms with van der Waals surface area (Å²) in [6, 6.07) is 18.0. The first-order chi connectivity index (χ1) is 15.2. The number of rotatable bonds is 9. The Kier molecular flexibility index (Phi) is 8.46. The normalized spacial score (nSPS) is 17.7. The summed E-state index contributed by atoms with van der Waals surface area (Å²) in [6.07, 6.45) is 0.933. The van der Waals surface area contributed by atoms with Crippen molar-refractivity contribution in [1.82, 2.24) is 9.80 Å². The second-order valence-electron chi connectivity index (χ2n) is 9.70. The molecule has 5 nitrogen and oxygen atoms in total. The van der Waals surface area contributed by atoms with Gasteiger partial charge in [-0.15, -0.1) is 0 Å². The van der Waals surface area contributed by atoms with Gasteiger partial charge in [0.2, 0.25) is 0 Å². The number of Topliss-reactive ketones (excluding diaryl/α,β-unsaturated/α-hetero) is 1. The minimum Gasteiger partial charge on any atom is -0.497 e. The quantitative estimate of drug-likeness (QED) is 0.539. The molecular formula is C27H38N2O3. The number of hydrogen-bond acceptors (Lipinski definition) is 5. The van der Waals surface area contributed by atoms with E-state index in [0.717, 1.165) is 50.5 Å². The first-order valence-electron chi connectivity index (χ1n) is 11.6. The predicted molar refractivity (Wildman–Crippen MR) is 129 cm³/mol. The van der Waals surface area contributed by atoms with Gasteiger partial charge in [0.05, 0.1) is 12.7 Å². The Bertz CT molecular complexity index is 837. The molecule has 1 heterocycles. The zero-order valence-electron chi connectivity index (χ0n) is 20.2. The third kappa shape index (κ3) is 7.16. The first-order valence-corrected chi connectivity index (χ1v) is 11.6. The van der Waals surface area contributed by atoms with E-state index in [1.165, 1.54) is 5.56 Å². The summed E-state index contributed by atoms with van der Waals surface area (Å²) in [4.78, 5) is 17.7. The molecule has 5 heteroatoms. The fraction of sp³-hybridized carbons (Fsp3) is 0.519. The molecule has 0 saturated carbocycles. The molecule has 1 saturated heterocycles. The van der Waals surface area contributed by atoms with Crippen LogP contribution in [0.4, 0.5) is 0 Å². The van der Waals surface area contributed by atoms with Crippen LogP contribution in [0.3, 0.4) is 0 Å². The Morgan fingerprint density at radius 3 is 2.16 bits per heavy atom. The monoisotopic (exact) mass is 438 g/mol. The molecule has 174 valence electrons. The highest BCUT2D eigenvalue weighted by molar-refractivity contribution is 5.97. The highest BCUT2D eigenvalue weighted by Crippen LogP contribution is 2.21. The molecule has 1 aliphatic rings. The minimum atomic E-state index is -0.199. The van der Waals surface area contributed by atoms with Crippen molar-refractivity contribution >= 4 is 5.78 Å². The third-order valence-corrected chi connectivity index (χ3v) is 5.91. The molecule has 2 aromatic rings. The summed E-state index contributed by atoms with van der Waals surface area (Å²) >= 11 is 0. The van der Waals surface area contributed by atoms with Crippen molar-refractivity contribution in [3.05, 3.63) is 65.7 Å². The van der Waals surface area contributed by atoms with Gasteiger partial charge in [0.25, 0.3) is 0 Å². The largest absolute Gasteiger partial charge is 0.497 e. The van der Waals surface area contributed by atoms with Crippen molar-refractivity contribution in [1.29, 1.82) is 0 Å². The molecule has 1 aliphatic heterocycles. The zero-order valence-corrected chi connectivity index (χ0v) is 20.2. The van der Waals surface area contributed by atoms with Crippen molar-refractivity contribution in [3.63, 3.8) is 0 Å². The molecule has 1 fully saturated rings. The van der Waals surface area contributed by atoms with E-state index in [0.29, 0.717) is 0 Å². The van der Waals surface area contributed by atoms with Crippen LogP contribution in [0.5, 0.6) is 5.75 Å². The summed E-state index contributed by atoms with van der Waals surface area (Å²) in [6.45, 7) is 12.9. The molecule has 2 aromatic carbocycles. The summed E-state index contributed by atoms with van der Waals surface area (Å²) in [5, 5.41) is 0. The van der Waals surface area contributed by atoms with E-state index in [9.17, 15) is 4.79 Å². The lowest BCUT2D eigenvalue weighted by Crippen LogP contribution is -2.54. The number of nitrogens with zero attached hydrogens (tertiary/aromatic N) is 2. The Hall–Kier alpha value is -2.21. The molecule has 32 heavy (non-hydrogen) atoms. The van der Waals surface area contributed by atoms with E-state index in [4.69, 9.17) is 9.47 Å². The summed E-state index contributed by atoms with van der Waals surface area (Å²) < 4.78 is 11.6. The lowest BCUT2D eigenvalue weighted by atomic mass is 9.98. The molecule has 0 spiro atoms. The van der Waals surface area contributed by atoms with Crippen molar-refractivity contribution in [2.75, 3.05) is 39.8 Å². The Balaban J connectivity index is 1.55. The number of carbonyl (C=O) groups is 1. The summed E-state index contributed by atoms with van der Waals surface area (Å²) in [5.74, 6) is 0.918. The molecule has 0 amide bonds. The summed E-state index contributed by atoms with van der Waals surface area (Å²) in [7, 11) is 1.63. The van der Waals surface area contributed by atoms with Crippen LogP contribution in [0, 0.1) is 5.92 Å². The fourth-order valence-corrected chi connectivity index (χ4v) is 4.21. The van der Waals surface area contributed by atoms with Gasteiger partial charge in [0, 0.05) is 50.6 Å². The molecule has 2 unspecified atom stereocenters. The number of benzene rings is 2. The van der Waals surface area contributed by atoms with Crippen molar-refractivity contribution in [3.8, 4) is 5.75 Å². The maximum atomic E-state index is 12.9. The maximum absolute atomic E-state index is 12.9. The molecule has 0 aliphatic carbocycles. The standard InChI is InChI=1S/C27H38N2O3/c1-21(26(30)23-11-13-24(31-5)14-12-23)20-28-15-17-29(18-16-28)25(32-27(2,3)4)19-22-9-7-6-8-10-22/h6-14,21,25H,15-20H2,1-5H3. The molecule has 0 aromatic heterocycles. The topological polar surface area (TPSA) is 42.0 Å². The average Bonchev–Trinajstić information content (AvgIpc) is 2.78. The number of methoxy groups -OCH3 is 1. The highest BCUT2D eigenvalue weighted by Gasteiger charge is 2.29. The van der Waals surface area contributed by atoms with Crippen molar-refractivity contribution in [2.45, 2.75) is 45.9 Å². The summed E-state index contributed by atoms with van der Waals surface area (Å²) in [5.41, 5.74) is 1.84. The van der Waals surface area contributed by atoms with E-state index in [-0.39, 0.29) is 23.5 Å². The van der Waals surface area contributed by atoms with Crippen molar-refractivity contribution < 1.29 is 14.3 Å². The second kappa shape index (κ2) is 11.1. The molecule has 2 atom stereocenters. The van der Waals surface area contributed by atoms with E-state index < -0.39 is 0 Å². The van der Waals surface area contributed by atoms with Gasteiger partial charge in [-0.2, -0.15) is 0 Å². The maximum Gasteiger partial charge on any atom is 0.166 e. The van der Waals surface area contributed by atoms with Crippen LogP contribution in [0.1, 0.15) is 43.6 Å². The Morgan fingerprint density at radius 2 is 1.59 bits per heavy atom. The lowest BCUT2D eigenvalue weighted by Gasteiger charge is -2.42. The van der Waals surface area contributed by atoms with Gasteiger partial charge in [0.15, 0.2) is 5.78 Å². The molecular weight excluding hydrogens is 400 g/mol. The zero-order chi connectivity index (χ0) is 23.1. The number of piperazine rings is 1. The van der Waals surface area contributed by atoms with E-state index in [1.54, 1.807) is 7.11 Å². The van der Waals surface area contributed by atoms with Gasteiger partial charge in [-0.1, -0.05) is 37.3 Å². The van der Waals surface area contributed by atoms with E-state index >= 15 is 0 Å². The van der Waals surface area contributed by atoms with Crippen LogP contribution in [-0.4, -0.2) is 67.2 Å². The molecule has 0 N–H and O–H groups in total. The number of hydrogen-bond donors (Lipinski definition) is 0. The van der Waals surface area contributed by atoms with Crippen molar-refractivity contribution in [2.24, 2.45) is 5.92 Å². The minimum absolute atomic E-state index is 0.0408. The van der Waals surface area contributed by atoms with Gasteiger partial charge in [-0.3, -0.25) is 9.69 Å². The number of ketones is 1. The van der Waals surface area contributed by atoms with Gasteiger partial charge in [-0.05, 0) is 50.6 Å². The molecule has 3 rings (SSSR count). The van der Waals surface area contributed by atoms with Gasteiger partial charge < -0.3 is 14.4 Å². The van der Waals surface area contributed by atoms with Crippen LogP contribution in [0.25, 0.3) is 0 Å². The van der Waals surface area contributed by atoms with Gasteiger partial charge in [-0.25, -0.2) is 0 Å². The predicted octanol–water partition coefficient (Wildman–Crippen LogP) is 4.52. The lowest BCUT2D eigenvalue weighted by molar-refractivity contribution is -0.141. The number of carbonyl (C=O) groups excluding carboxylic acids is 1. The smallest absolute Gasteiger partial charge is 0.166 e. The van der Waals surface area contributed by atoms with Crippen LogP contribution in [0.2, 0.25) is 0 Å². The number of ether oxygens (including phenoxy) is 2. The van der Waals surface area contributed by atoms with Crippen LogP contribution < -0.4 is 4.74 Å². The molecule has 0 radical (unpaired) electrons. The SMILES string of the molecule is COc1ccc(C(=O)C(C)CN2CCN(C(Cc3ccccc3)OC(C)(C)C)CC2)cc1. The fourth-order valence-electron chi connectivity index (χ4n) is 4.21. The molecule has 0 bridgehead atoms. The van der Waals surface area contributed by atoms with E-state index in [2.05, 4.69) is 60.9 Å². The van der Waals surface area contributed by atoms with Crippen LogP contribution in [-0.2, 0) is 11.2 Å². The first kappa shape index (κ1) is 24.4. The van der Waals surface area contributed by atoms with Gasteiger partial charge in [0.1, 0.15) is 12.0 Å². The average molecular weight is 439 g/mol. The third-order valence-electron chi connectivity index (χ3n) is 5.91. The second-order valence-corrected chi connectivity index (χ2v) is 9.70. The van der Waals surface area contributed by atoms with Gasteiger partial charge >= 0.3 is 0 Å². The van der Waals surface area contributed by atoms with Crippen LogP contribution in [0.15, 0.2) is 54.6 Å². The van der Waals surface area contributed by atoms with Crippen LogP contribution >= 0.6 is 0 Å². The Morgan fingerprint density at radius 1 is 0.969 bits per heavy atom. The highest BCUT2D eigenvalue weighted by atomic mass is 16.5. The van der Waals surface area contributed by atoms with E-state index in [1.807, 2.05) is 31.2 Å². The Labute approximate surface area is 193 Å².